The minimum Gasteiger partial charge on any atom is -0.464 e. The second-order valence-corrected chi connectivity index (χ2v) is 5.14. The van der Waals surface area contributed by atoms with Gasteiger partial charge < -0.3 is 15.1 Å². The summed E-state index contributed by atoms with van der Waals surface area (Å²) >= 11 is 0. The summed E-state index contributed by atoms with van der Waals surface area (Å²) in [6.07, 6.45) is 2.83. The van der Waals surface area contributed by atoms with Gasteiger partial charge in [-0.2, -0.15) is 0 Å². The van der Waals surface area contributed by atoms with E-state index in [9.17, 15) is 4.79 Å². The van der Waals surface area contributed by atoms with Crippen LogP contribution >= 0.6 is 0 Å². The summed E-state index contributed by atoms with van der Waals surface area (Å²) < 4.78 is 5.51. The van der Waals surface area contributed by atoms with Gasteiger partial charge in [-0.25, -0.2) is 0 Å². The standard InChI is InChI=1S/C14H22N2O2/c1-10-3-4-13(18-10)11(2)16-14(17)9-12-5-7-15-8-6-12/h3-4,11-12,15H,5-9H2,1-2H3,(H,16,17). The Bertz CT molecular complexity index is 394. The Kier molecular flexibility index (Phi) is 4.42. The van der Waals surface area contributed by atoms with E-state index in [1.165, 1.54) is 0 Å². The lowest BCUT2D eigenvalue weighted by Crippen LogP contribution is -2.33. The predicted molar refractivity (Wildman–Crippen MR) is 70.2 cm³/mol. The summed E-state index contributed by atoms with van der Waals surface area (Å²) in [5.74, 6) is 2.36. The second-order valence-electron chi connectivity index (χ2n) is 5.14. The van der Waals surface area contributed by atoms with E-state index < -0.39 is 0 Å². The quantitative estimate of drug-likeness (QED) is 0.861. The first-order chi connectivity index (χ1) is 8.65. The Balaban J connectivity index is 1.79. The number of carbonyl (C=O) groups is 1. The molecule has 1 aliphatic heterocycles. The minimum atomic E-state index is -0.0482. The molecule has 1 fully saturated rings. The van der Waals surface area contributed by atoms with Crippen LogP contribution in [0.1, 0.15) is 43.7 Å². The van der Waals surface area contributed by atoms with Crippen molar-refractivity contribution in [2.24, 2.45) is 5.92 Å². The highest BCUT2D eigenvalue weighted by Crippen LogP contribution is 2.18. The number of carbonyl (C=O) groups excluding carboxylic acids is 1. The van der Waals surface area contributed by atoms with E-state index in [0.717, 1.165) is 37.5 Å². The highest BCUT2D eigenvalue weighted by Gasteiger charge is 2.19. The van der Waals surface area contributed by atoms with Crippen LogP contribution in [0.5, 0.6) is 0 Å². The van der Waals surface area contributed by atoms with Crippen LogP contribution in [0.25, 0.3) is 0 Å². The fraction of sp³-hybridized carbons (Fsp3) is 0.643. The number of hydrogen-bond donors (Lipinski definition) is 2. The van der Waals surface area contributed by atoms with Gasteiger partial charge in [0.15, 0.2) is 0 Å². The maximum Gasteiger partial charge on any atom is 0.220 e. The molecular formula is C14H22N2O2. The third-order valence-corrected chi connectivity index (χ3v) is 3.50. The molecule has 100 valence electrons. The number of nitrogens with one attached hydrogen (secondary N) is 2. The maximum absolute atomic E-state index is 11.9. The maximum atomic E-state index is 11.9. The summed E-state index contributed by atoms with van der Waals surface area (Å²) in [5.41, 5.74) is 0. The van der Waals surface area contributed by atoms with E-state index in [1.54, 1.807) is 0 Å². The number of furan rings is 1. The average molecular weight is 250 g/mol. The Labute approximate surface area is 108 Å². The number of aryl methyl sites for hydroxylation is 1. The molecule has 0 aliphatic carbocycles. The molecule has 0 spiro atoms. The Morgan fingerprint density at radius 1 is 1.50 bits per heavy atom. The van der Waals surface area contributed by atoms with E-state index in [0.29, 0.717) is 12.3 Å². The van der Waals surface area contributed by atoms with Gasteiger partial charge in [-0.05, 0) is 57.8 Å². The molecule has 4 heteroatoms. The fourth-order valence-electron chi connectivity index (χ4n) is 2.41. The molecule has 0 aromatic carbocycles. The van der Waals surface area contributed by atoms with Crippen molar-refractivity contribution in [3.05, 3.63) is 23.7 Å². The summed E-state index contributed by atoms with van der Waals surface area (Å²) in [6.45, 7) is 5.93. The highest BCUT2D eigenvalue weighted by molar-refractivity contribution is 5.76. The Morgan fingerprint density at radius 3 is 2.83 bits per heavy atom. The molecule has 1 aromatic rings. The summed E-state index contributed by atoms with van der Waals surface area (Å²) in [4.78, 5) is 11.9. The smallest absolute Gasteiger partial charge is 0.220 e. The van der Waals surface area contributed by atoms with Gasteiger partial charge >= 0.3 is 0 Å². The largest absolute Gasteiger partial charge is 0.464 e. The third-order valence-electron chi connectivity index (χ3n) is 3.50. The third kappa shape index (κ3) is 3.60. The van der Waals surface area contributed by atoms with Gasteiger partial charge in [0, 0.05) is 6.42 Å². The van der Waals surface area contributed by atoms with Gasteiger partial charge in [0.05, 0.1) is 6.04 Å². The SMILES string of the molecule is Cc1ccc(C(C)NC(=O)CC2CCNCC2)o1. The fourth-order valence-corrected chi connectivity index (χ4v) is 2.41. The summed E-state index contributed by atoms with van der Waals surface area (Å²) in [5, 5.41) is 6.31. The molecular weight excluding hydrogens is 228 g/mol. The summed E-state index contributed by atoms with van der Waals surface area (Å²) in [7, 11) is 0. The van der Waals surface area contributed by atoms with Crippen molar-refractivity contribution in [1.82, 2.24) is 10.6 Å². The molecule has 4 nitrogen and oxygen atoms in total. The van der Waals surface area contributed by atoms with Crippen molar-refractivity contribution in [2.45, 2.75) is 39.2 Å². The first-order valence-electron chi connectivity index (χ1n) is 6.71. The van der Waals surface area contributed by atoms with Crippen LogP contribution in [0, 0.1) is 12.8 Å². The van der Waals surface area contributed by atoms with E-state index >= 15 is 0 Å². The lowest BCUT2D eigenvalue weighted by atomic mass is 9.94. The molecule has 1 atom stereocenters. The lowest BCUT2D eigenvalue weighted by Gasteiger charge is -2.22. The molecule has 2 N–H and O–H groups in total. The highest BCUT2D eigenvalue weighted by atomic mass is 16.3. The summed E-state index contributed by atoms with van der Waals surface area (Å²) in [6, 6.07) is 3.79. The van der Waals surface area contributed by atoms with Gasteiger partial charge in [-0.3, -0.25) is 4.79 Å². The van der Waals surface area contributed by atoms with Crippen LogP contribution in [-0.4, -0.2) is 19.0 Å². The van der Waals surface area contributed by atoms with Gasteiger partial charge in [-0.15, -0.1) is 0 Å². The van der Waals surface area contributed by atoms with Crippen molar-refractivity contribution in [3.63, 3.8) is 0 Å². The predicted octanol–water partition coefficient (Wildman–Crippen LogP) is 2.15. The van der Waals surface area contributed by atoms with Crippen LogP contribution in [0.2, 0.25) is 0 Å². The molecule has 2 heterocycles. The molecule has 1 unspecified atom stereocenters. The molecule has 0 radical (unpaired) electrons. The van der Waals surface area contributed by atoms with Crippen molar-refractivity contribution in [2.75, 3.05) is 13.1 Å². The van der Waals surface area contributed by atoms with Crippen molar-refractivity contribution in [3.8, 4) is 0 Å². The van der Waals surface area contributed by atoms with Crippen molar-refractivity contribution >= 4 is 5.91 Å². The first-order valence-corrected chi connectivity index (χ1v) is 6.71. The van der Waals surface area contributed by atoms with E-state index in [4.69, 9.17) is 4.42 Å². The molecule has 1 aliphatic rings. The lowest BCUT2D eigenvalue weighted by molar-refractivity contribution is -0.123. The van der Waals surface area contributed by atoms with Crippen LogP contribution < -0.4 is 10.6 Å². The minimum absolute atomic E-state index is 0.0482. The monoisotopic (exact) mass is 250 g/mol. The zero-order chi connectivity index (χ0) is 13.0. The molecule has 1 aromatic heterocycles. The number of hydrogen-bond acceptors (Lipinski definition) is 3. The zero-order valence-electron chi connectivity index (χ0n) is 11.2. The molecule has 0 saturated carbocycles. The zero-order valence-corrected chi connectivity index (χ0v) is 11.2. The van der Waals surface area contributed by atoms with Gasteiger partial charge in [0.2, 0.25) is 5.91 Å². The molecule has 18 heavy (non-hydrogen) atoms. The van der Waals surface area contributed by atoms with Crippen LogP contribution in [-0.2, 0) is 4.79 Å². The van der Waals surface area contributed by atoms with E-state index in [-0.39, 0.29) is 11.9 Å². The topological polar surface area (TPSA) is 54.3 Å². The number of rotatable bonds is 4. The van der Waals surface area contributed by atoms with Crippen LogP contribution in [0.3, 0.4) is 0 Å². The van der Waals surface area contributed by atoms with Gasteiger partial charge in [0.25, 0.3) is 0 Å². The molecule has 2 rings (SSSR count). The molecule has 1 saturated heterocycles. The van der Waals surface area contributed by atoms with Crippen LogP contribution in [0.4, 0.5) is 0 Å². The van der Waals surface area contributed by atoms with Crippen molar-refractivity contribution in [1.29, 1.82) is 0 Å². The number of piperidine rings is 1. The van der Waals surface area contributed by atoms with Crippen LogP contribution in [0.15, 0.2) is 16.5 Å². The Hall–Kier alpha value is -1.29. The Morgan fingerprint density at radius 2 is 2.22 bits per heavy atom. The normalized spacial score (nSPS) is 18.6. The average Bonchev–Trinajstić information content (AvgIpc) is 2.77. The molecule has 1 amide bonds. The molecule has 0 bridgehead atoms. The second kappa shape index (κ2) is 6.05. The first kappa shape index (κ1) is 13.1. The van der Waals surface area contributed by atoms with E-state index in [2.05, 4.69) is 10.6 Å². The van der Waals surface area contributed by atoms with Crippen molar-refractivity contribution < 1.29 is 9.21 Å². The number of amides is 1. The van der Waals surface area contributed by atoms with Gasteiger partial charge in [0.1, 0.15) is 11.5 Å². The van der Waals surface area contributed by atoms with Gasteiger partial charge in [-0.1, -0.05) is 0 Å². The van der Waals surface area contributed by atoms with E-state index in [1.807, 2.05) is 26.0 Å².